The smallest absolute Gasteiger partial charge is 0.207 e. The molecule has 4 heteroatoms. The van der Waals surface area contributed by atoms with Crippen molar-refractivity contribution in [3.05, 3.63) is 65.7 Å². The van der Waals surface area contributed by atoms with Crippen molar-refractivity contribution in [2.75, 3.05) is 6.54 Å². The molecule has 2 aromatic rings. The summed E-state index contributed by atoms with van der Waals surface area (Å²) in [6, 6.07) is 18.1. The van der Waals surface area contributed by atoms with E-state index in [0.717, 1.165) is 31.2 Å². The molecule has 0 spiro atoms. The molecule has 28 heavy (non-hydrogen) atoms. The van der Waals surface area contributed by atoms with Crippen LogP contribution in [0.5, 0.6) is 0 Å². The van der Waals surface area contributed by atoms with Gasteiger partial charge in [0.05, 0.1) is 4.90 Å². The Balaban J connectivity index is 1.64. The molecule has 0 unspecified atom stereocenters. The second-order valence-corrected chi connectivity index (χ2v) is 10.4. The SMILES string of the molecule is Cc1ccc(S(=O)(=O)N2CC[C@@H](c3ccccc3)C[C@@H]2C2CCCCC2)cc1. The summed E-state index contributed by atoms with van der Waals surface area (Å²) in [5.41, 5.74) is 2.45. The largest absolute Gasteiger partial charge is 0.243 e. The molecule has 3 nitrogen and oxygen atoms in total. The van der Waals surface area contributed by atoms with E-state index >= 15 is 0 Å². The lowest BCUT2D eigenvalue weighted by Gasteiger charge is -2.43. The third-order valence-corrected chi connectivity index (χ3v) is 8.63. The quantitative estimate of drug-likeness (QED) is 0.682. The van der Waals surface area contributed by atoms with E-state index in [-0.39, 0.29) is 6.04 Å². The average Bonchev–Trinajstić information content (AvgIpc) is 2.75. The molecule has 2 fully saturated rings. The monoisotopic (exact) mass is 397 g/mol. The molecule has 4 rings (SSSR count). The molecule has 0 aromatic heterocycles. The van der Waals surface area contributed by atoms with Crippen molar-refractivity contribution in [2.24, 2.45) is 5.92 Å². The van der Waals surface area contributed by atoms with E-state index in [1.807, 2.05) is 23.4 Å². The lowest BCUT2D eigenvalue weighted by Crippen LogP contribution is -2.49. The fourth-order valence-corrected chi connectivity index (χ4v) is 6.81. The Labute approximate surface area is 169 Å². The minimum atomic E-state index is -3.45. The zero-order chi connectivity index (χ0) is 19.6. The van der Waals surface area contributed by atoms with Gasteiger partial charge < -0.3 is 0 Å². The fraction of sp³-hybridized carbons (Fsp3) is 0.500. The van der Waals surface area contributed by atoms with E-state index in [2.05, 4.69) is 30.3 Å². The van der Waals surface area contributed by atoms with E-state index in [1.54, 1.807) is 12.1 Å². The van der Waals surface area contributed by atoms with Crippen molar-refractivity contribution in [3.63, 3.8) is 0 Å². The van der Waals surface area contributed by atoms with E-state index in [1.165, 1.54) is 24.8 Å². The number of aryl methyl sites for hydroxylation is 1. The molecular weight excluding hydrogens is 366 g/mol. The van der Waals surface area contributed by atoms with Gasteiger partial charge in [0.15, 0.2) is 0 Å². The summed E-state index contributed by atoms with van der Waals surface area (Å²) in [5, 5.41) is 0. The summed E-state index contributed by atoms with van der Waals surface area (Å²) in [6.07, 6.45) is 7.91. The molecular formula is C24H31NO2S. The first-order valence-electron chi connectivity index (χ1n) is 10.7. The lowest BCUT2D eigenvalue weighted by molar-refractivity contribution is 0.141. The summed E-state index contributed by atoms with van der Waals surface area (Å²) in [7, 11) is -3.45. The van der Waals surface area contributed by atoms with Gasteiger partial charge in [-0.15, -0.1) is 0 Å². The standard InChI is InChI=1S/C24H31NO2S/c1-19-12-14-23(15-13-19)28(26,27)25-17-16-22(20-8-4-2-5-9-20)18-24(25)21-10-6-3-7-11-21/h2,4-5,8-9,12-15,21-22,24H,3,6-7,10-11,16-18H2,1H3/t22-,24-/m1/s1. The maximum atomic E-state index is 13.5. The van der Waals surface area contributed by atoms with Crippen molar-refractivity contribution >= 4 is 10.0 Å². The molecule has 1 saturated carbocycles. The van der Waals surface area contributed by atoms with Gasteiger partial charge in [0.1, 0.15) is 0 Å². The molecule has 1 saturated heterocycles. The molecule has 0 radical (unpaired) electrons. The Kier molecular flexibility index (Phi) is 5.88. The highest BCUT2D eigenvalue weighted by atomic mass is 32.2. The van der Waals surface area contributed by atoms with Gasteiger partial charge in [0, 0.05) is 12.6 Å². The first-order valence-corrected chi connectivity index (χ1v) is 12.1. The van der Waals surface area contributed by atoms with Crippen LogP contribution in [-0.4, -0.2) is 25.3 Å². The van der Waals surface area contributed by atoms with Gasteiger partial charge in [0.25, 0.3) is 0 Å². The van der Waals surface area contributed by atoms with Crippen molar-refractivity contribution < 1.29 is 8.42 Å². The van der Waals surface area contributed by atoms with Crippen LogP contribution in [0.25, 0.3) is 0 Å². The van der Waals surface area contributed by atoms with Gasteiger partial charge >= 0.3 is 0 Å². The van der Waals surface area contributed by atoms with E-state index in [4.69, 9.17) is 0 Å². The first-order chi connectivity index (χ1) is 13.6. The van der Waals surface area contributed by atoms with Crippen LogP contribution in [0, 0.1) is 12.8 Å². The van der Waals surface area contributed by atoms with Gasteiger partial charge in [-0.05, 0) is 62.1 Å². The van der Waals surface area contributed by atoms with Crippen LogP contribution in [-0.2, 0) is 10.0 Å². The van der Waals surface area contributed by atoms with Gasteiger partial charge in [-0.25, -0.2) is 8.42 Å². The summed E-state index contributed by atoms with van der Waals surface area (Å²) in [6.45, 7) is 2.61. The summed E-state index contributed by atoms with van der Waals surface area (Å²) in [5.74, 6) is 0.943. The number of rotatable bonds is 4. The third-order valence-electron chi connectivity index (χ3n) is 6.69. The third kappa shape index (κ3) is 4.04. The normalized spacial score (nSPS) is 24.9. The molecule has 2 atom stereocenters. The highest BCUT2D eigenvalue weighted by molar-refractivity contribution is 7.89. The molecule has 1 aliphatic carbocycles. The number of sulfonamides is 1. The molecule has 0 bridgehead atoms. The Morgan fingerprint density at radius 2 is 1.54 bits per heavy atom. The van der Waals surface area contributed by atoms with Crippen LogP contribution in [0.15, 0.2) is 59.5 Å². The molecule has 150 valence electrons. The zero-order valence-electron chi connectivity index (χ0n) is 16.8. The van der Waals surface area contributed by atoms with Gasteiger partial charge in [-0.3, -0.25) is 0 Å². The lowest BCUT2D eigenvalue weighted by atomic mass is 9.76. The summed E-state index contributed by atoms with van der Waals surface area (Å²) >= 11 is 0. The molecule has 0 amide bonds. The highest BCUT2D eigenvalue weighted by Crippen LogP contribution is 2.41. The van der Waals surface area contributed by atoms with Gasteiger partial charge in [-0.1, -0.05) is 67.3 Å². The van der Waals surface area contributed by atoms with Crippen LogP contribution in [0.4, 0.5) is 0 Å². The fourth-order valence-electron chi connectivity index (χ4n) is 5.09. The predicted molar refractivity (Wildman–Crippen MR) is 114 cm³/mol. The van der Waals surface area contributed by atoms with E-state index < -0.39 is 10.0 Å². The second kappa shape index (κ2) is 8.38. The number of nitrogens with zero attached hydrogens (tertiary/aromatic N) is 1. The second-order valence-electron chi connectivity index (χ2n) is 8.53. The molecule has 2 aliphatic rings. The number of benzene rings is 2. The van der Waals surface area contributed by atoms with Crippen LogP contribution >= 0.6 is 0 Å². The van der Waals surface area contributed by atoms with Crippen molar-refractivity contribution in [3.8, 4) is 0 Å². The Hall–Kier alpha value is -1.65. The molecule has 1 heterocycles. The van der Waals surface area contributed by atoms with E-state index in [0.29, 0.717) is 23.3 Å². The van der Waals surface area contributed by atoms with Crippen LogP contribution in [0.2, 0.25) is 0 Å². The predicted octanol–water partition coefficient (Wildman–Crippen LogP) is 5.51. The van der Waals surface area contributed by atoms with Crippen molar-refractivity contribution in [2.45, 2.75) is 68.7 Å². The average molecular weight is 398 g/mol. The maximum absolute atomic E-state index is 13.5. The maximum Gasteiger partial charge on any atom is 0.243 e. The Bertz CT molecular complexity index is 871. The topological polar surface area (TPSA) is 37.4 Å². The molecule has 2 aromatic carbocycles. The minimum absolute atomic E-state index is 0.116. The zero-order valence-corrected chi connectivity index (χ0v) is 17.6. The highest BCUT2D eigenvalue weighted by Gasteiger charge is 2.41. The van der Waals surface area contributed by atoms with Gasteiger partial charge in [-0.2, -0.15) is 4.31 Å². The summed E-state index contributed by atoms with van der Waals surface area (Å²) < 4.78 is 28.9. The van der Waals surface area contributed by atoms with Gasteiger partial charge in [0.2, 0.25) is 10.0 Å². The van der Waals surface area contributed by atoms with Crippen LogP contribution in [0.3, 0.4) is 0 Å². The summed E-state index contributed by atoms with van der Waals surface area (Å²) in [4.78, 5) is 0.442. The van der Waals surface area contributed by atoms with Crippen molar-refractivity contribution in [1.82, 2.24) is 4.31 Å². The van der Waals surface area contributed by atoms with E-state index in [9.17, 15) is 8.42 Å². The molecule has 0 N–H and O–H groups in total. The number of piperidine rings is 1. The van der Waals surface area contributed by atoms with Crippen LogP contribution in [0.1, 0.15) is 62.0 Å². The van der Waals surface area contributed by atoms with Crippen molar-refractivity contribution in [1.29, 1.82) is 0 Å². The van der Waals surface area contributed by atoms with Crippen LogP contribution < -0.4 is 0 Å². The Morgan fingerprint density at radius 1 is 0.857 bits per heavy atom. The number of hydrogen-bond acceptors (Lipinski definition) is 2. The Morgan fingerprint density at radius 3 is 2.21 bits per heavy atom. The molecule has 1 aliphatic heterocycles. The number of hydrogen-bond donors (Lipinski definition) is 0. The first kappa shape index (κ1) is 19.7. The minimum Gasteiger partial charge on any atom is -0.207 e.